The standard InChI is InChI=1S/C16H22BrNO2/c1-11-3-5-12(6-4-11)10-18-16(19)14-9-13(20-2)7-8-15(14)17/h7-9,11-12H,3-6,10H2,1-2H3,(H,18,19). The molecular weight excluding hydrogens is 318 g/mol. The van der Waals surface area contributed by atoms with Crippen LogP contribution >= 0.6 is 15.9 Å². The highest BCUT2D eigenvalue weighted by atomic mass is 79.9. The maximum absolute atomic E-state index is 12.2. The third-order valence-corrected chi connectivity index (χ3v) is 4.80. The van der Waals surface area contributed by atoms with Crippen molar-refractivity contribution in [3.63, 3.8) is 0 Å². The van der Waals surface area contributed by atoms with Gasteiger partial charge in [0.1, 0.15) is 5.75 Å². The van der Waals surface area contributed by atoms with Crippen LogP contribution < -0.4 is 10.1 Å². The van der Waals surface area contributed by atoms with Crippen LogP contribution in [0, 0.1) is 11.8 Å². The summed E-state index contributed by atoms with van der Waals surface area (Å²) in [6.45, 7) is 3.08. The Kier molecular flexibility index (Phi) is 5.46. The van der Waals surface area contributed by atoms with Gasteiger partial charge in [-0.3, -0.25) is 4.79 Å². The van der Waals surface area contributed by atoms with Gasteiger partial charge in [-0.15, -0.1) is 0 Å². The van der Waals surface area contributed by atoms with Crippen LogP contribution in [0.1, 0.15) is 43.0 Å². The molecule has 1 fully saturated rings. The Balaban J connectivity index is 1.91. The molecular formula is C16H22BrNO2. The van der Waals surface area contributed by atoms with Crippen LogP contribution in [0.5, 0.6) is 5.75 Å². The largest absolute Gasteiger partial charge is 0.497 e. The molecule has 2 rings (SSSR count). The minimum absolute atomic E-state index is 0.0330. The Morgan fingerprint density at radius 2 is 2.05 bits per heavy atom. The fourth-order valence-electron chi connectivity index (χ4n) is 2.67. The van der Waals surface area contributed by atoms with Crippen molar-refractivity contribution in [2.45, 2.75) is 32.6 Å². The Morgan fingerprint density at radius 3 is 2.70 bits per heavy atom. The molecule has 1 saturated carbocycles. The van der Waals surface area contributed by atoms with Crippen molar-refractivity contribution in [3.8, 4) is 5.75 Å². The summed E-state index contributed by atoms with van der Waals surface area (Å²) in [4.78, 5) is 12.2. The lowest BCUT2D eigenvalue weighted by atomic mass is 9.83. The zero-order chi connectivity index (χ0) is 14.5. The number of halogens is 1. The predicted molar refractivity (Wildman–Crippen MR) is 84.1 cm³/mol. The number of nitrogens with one attached hydrogen (secondary N) is 1. The summed E-state index contributed by atoms with van der Waals surface area (Å²) >= 11 is 3.42. The average molecular weight is 340 g/mol. The van der Waals surface area contributed by atoms with E-state index < -0.39 is 0 Å². The number of hydrogen-bond acceptors (Lipinski definition) is 2. The van der Waals surface area contributed by atoms with Crippen molar-refractivity contribution in [2.24, 2.45) is 11.8 Å². The topological polar surface area (TPSA) is 38.3 Å². The van der Waals surface area contributed by atoms with E-state index >= 15 is 0 Å². The molecule has 0 aromatic heterocycles. The van der Waals surface area contributed by atoms with Gasteiger partial charge in [0, 0.05) is 11.0 Å². The van der Waals surface area contributed by atoms with E-state index in [4.69, 9.17) is 4.74 Å². The second kappa shape index (κ2) is 7.11. The van der Waals surface area contributed by atoms with Crippen LogP contribution in [0.3, 0.4) is 0 Å². The maximum atomic E-state index is 12.2. The molecule has 3 nitrogen and oxygen atoms in total. The summed E-state index contributed by atoms with van der Waals surface area (Å²) in [5.74, 6) is 2.13. The molecule has 0 unspecified atom stereocenters. The number of methoxy groups -OCH3 is 1. The summed E-state index contributed by atoms with van der Waals surface area (Å²) in [6.07, 6.45) is 5.01. The molecule has 0 aliphatic heterocycles. The molecule has 110 valence electrons. The SMILES string of the molecule is COc1ccc(Br)c(C(=O)NCC2CCC(C)CC2)c1. The van der Waals surface area contributed by atoms with Crippen molar-refractivity contribution in [1.82, 2.24) is 5.32 Å². The summed E-state index contributed by atoms with van der Waals surface area (Å²) < 4.78 is 5.96. The molecule has 20 heavy (non-hydrogen) atoms. The summed E-state index contributed by atoms with van der Waals surface area (Å²) in [6, 6.07) is 5.45. The number of carbonyl (C=O) groups excluding carboxylic acids is 1. The minimum atomic E-state index is -0.0330. The Hall–Kier alpha value is -1.03. The molecule has 1 aromatic rings. The smallest absolute Gasteiger partial charge is 0.252 e. The monoisotopic (exact) mass is 339 g/mol. The van der Waals surface area contributed by atoms with Gasteiger partial charge in [-0.2, -0.15) is 0 Å². The molecule has 1 aliphatic carbocycles. The molecule has 1 N–H and O–H groups in total. The first kappa shape index (κ1) is 15.4. The van der Waals surface area contributed by atoms with E-state index in [2.05, 4.69) is 28.2 Å². The van der Waals surface area contributed by atoms with Gasteiger partial charge in [0.2, 0.25) is 0 Å². The fraction of sp³-hybridized carbons (Fsp3) is 0.562. The summed E-state index contributed by atoms with van der Waals surface area (Å²) in [5.41, 5.74) is 0.633. The second-order valence-corrected chi connectivity index (χ2v) is 6.54. The van der Waals surface area contributed by atoms with Crippen molar-refractivity contribution in [1.29, 1.82) is 0 Å². The van der Waals surface area contributed by atoms with Crippen LogP contribution in [0.15, 0.2) is 22.7 Å². The third kappa shape index (κ3) is 3.98. The molecule has 0 spiro atoms. The number of ether oxygens (including phenoxy) is 1. The number of amides is 1. The Bertz CT molecular complexity index is 468. The van der Waals surface area contributed by atoms with E-state index in [1.165, 1.54) is 25.7 Å². The molecule has 4 heteroatoms. The quantitative estimate of drug-likeness (QED) is 0.899. The van der Waals surface area contributed by atoms with E-state index in [9.17, 15) is 4.79 Å². The second-order valence-electron chi connectivity index (χ2n) is 5.68. The van der Waals surface area contributed by atoms with Gasteiger partial charge in [0.25, 0.3) is 5.91 Å². The van der Waals surface area contributed by atoms with Crippen molar-refractivity contribution >= 4 is 21.8 Å². The van der Waals surface area contributed by atoms with Gasteiger partial charge in [-0.25, -0.2) is 0 Å². The van der Waals surface area contributed by atoms with Gasteiger partial charge in [-0.1, -0.05) is 19.8 Å². The van der Waals surface area contributed by atoms with Gasteiger partial charge in [-0.05, 0) is 58.8 Å². The maximum Gasteiger partial charge on any atom is 0.252 e. The van der Waals surface area contributed by atoms with Crippen LogP contribution in [0.25, 0.3) is 0 Å². The molecule has 0 radical (unpaired) electrons. The lowest BCUT2D eigenvalue weighted by Crippen LogP contribution is -2.31. The average Bonchev–Trinajstić information content (AvgIpc) is 2.47. The van der Waals surface area contributed by atoms with Crippen LogP contribution in [0.2, 0.25) is 0 Å². The number of hydrogen-bond donors (Lipinski definition) is 1. The molecule has 0 bridgehead atoms. The lowest BCUT2D eigenvalue weighted by molar-refractivity contribution is 0.0940. The Morgan fingerprint density at radius 1 is 1.35 bits per heavy atom. The normalized spacial score (nSPS) is 22.4. The van der Waals surface area contributed by atoms with Crippen molar-refractivity contribution in [2.75, 3.05) is 13.7 Å². The summed E-state index contributed by atoms with van der Waals surface area (Å²) in [7, 11) is 1.61. The predicted octanol–water partition coefficient (Wildman–Crippen LogP) is 4.01. The van der Waals surface area contributed by atoms with Crippen LogP contribution in [-0.4, -0.2) is 19.6 Å². The van der Waals surface area contributed by atoms with Crippen molar-refractivity contribution in [3.05, 3.63) is 28.2 Å². The fourth-order valence-corrected chi connectivity index (χ4v) is 3.10. The molecule has 1 aliphatic rings. The van der Waals surface area contributed by atoms with Gasteiger partial charge < -0.3 is 10.1 Å². The highest BCUT2D eigenvalue weighted by Gasteiger charge is 2.19. The Labute approximate surface area is 129 Å². The molecule has 0 saturated heterocycles. The van der Waals surface area contributed by atoms with E-state index in [-0.39, 0.29) is 5.91 Å². The van der Waals surface area contributed by atoms with E-state index in [0.29, 0.717) is 17.2 Å². The summed E-state index contributed by atoms with van der Waals surface area (Å²) in [5, 5.41) is 3.05. The van der Waals surface area contributed by atoms with E-state index in [0.717, 1.165) is 16.9 Å². The zero-order valence-corrected chi connectivity index (χ0v) is 13.7. The first-order valence-corrected chi connectivity index (χ1v) is 8.01. The molecule has 1 amide bonds. The molecule has 0 atom stereocenters. The first-order valence-electron chi connectivity index (χ1n) is 7.22. The van der Waals surface area contributed by atoms with E-state index in [1.807, 2.05) is 12.1 Å². The number of rotatable bonds is 4. The third-order valence-electron chi connectivity index (χ3n) is 4.10. The van der Waals surface area contributed by atoms with Crippen LogP contribution in [-0.2, 0) is 0 Å². The molecule has 1 aromatic carbocycles. The highest BCUT2D eigenvalue weighted by molar-refractivity contribution is 9.10. The number of benzene rings is 1. The van der Waals surface area contributed by atoms with Gasteiger partial charge >= 0.3 is 0 Å². The molecule has 0 heterocycles. The zero-order valence-electron chi connectivity index (χ0n) is 12.1. The highest BCUT2D eigenvalue weighted by Crippen LogP contribution is 2.28. The minimum Gasteiger partial charge on any atom is -0.497 e. The van der Waals surface area contributed by atoms with Crippen LogP contribution in [0.4, 0.5) is 0 Å². The lowest BCUT2D eigenvalue weighted by Gasteiger charge is -2.26. The van der Waals surface area contributed by atoms with Gasteiger partial charge in [0.15, 0.2) is 0 Å². The number of carbonyl (C=O) groups is 1. The van der Waals surface area contributed by atoms with Crippen molar-refractivity contribution < 1.29 is 9.53 Å². The first-order chi connectivity index (χ1) is 9.60. The van der Waals surface area contributed by atoms with Gasteiger partial charge in [0.05, 0.1) is 12.7 Å². The van der Waals surface area contributed by atoms with E-state index in [1.54, 1.807) is 13.2 Å².